The fourth-order valence-corrected chi connectivity index (χ4v) is 3.53. The summed E-state index contributed by atoms with van der Waals surface area (Å²) < 4.78 is 5.41. The largest absolute Gasteiger partial charge is 0.496 e. The Bertz CT molecular complexity index is 544. The molecule has 6 heteroatoms. The van der Waals surface area contributed by atoms with Gasteiger partial charge in [0.15, 0.2) is 0 Å². The number of amides is 2. The van der Waals surface area contributed by atoms with Crippen LogP contribution in [0.3, 0.4) is 0 Å². The van der Waals surface area contributed by atoms with Crippen LogP contribution in [0.2, 0.25) is 5.02 Å². The molecule has 0 spiro atoms. The molecule has 2 saturated heterocycles. The van der Waals surface area contributed by atoms with Crippen molar-refractivity contribution in [3.8, 4) is 5.75 Å². The van der Waals surface area contributed by atoms with Gasteiger partial charge in [-0.25, -0.2) is 4.79 Å². The van der Waals surface area contributed by atoms with Crippen molar-refractivity contribution in [3.05, 3.63) is 28.8 Å². The molecule has 2 amide bonds. The minimum Gasteiger partial charge on any atom is -0.496 e. The molecule has 22 heavy (non-hydrogen) atoms. The van der Waals surface area contributed by atoms with E-state index in [-0.39, 0.29) is 6.03 Å². The van der Waals surface area contributed by atoms with E-state index < -0.39 is 0 Å². The summed E-state index contributed by atoms with van der Waals surface area (Å²) in [5.74, 6) is 0.880. The fraction of sp³-hybridized carbons (Fsp3) is 0.562. The van der Waals surface area contributed by atoms with Crippen LogP contribution < -0.4 is 10.1 Å². The molecule has 2 aliphatic heterocycles. The maximum atomic E-state index is 11.7. The first-order chi connectivity index (χ1) is 10.7. The van der Waals surface area contributed by atoms with Crippen LogP contribution in [0, 0.1) is 0 Å². The summed E-state index contributed by atoms with van der Waals surface area (Å²) in [5.41, 5.74) is 1.12. The highest BCUT2D eigenvalue weighted by Gasteiger charge is 2.30. The number of carbonyl (C=O) groups is 1. The van der Waals surface area contributed by atoms with Gasteiger partial charge in [-0.15, -0.1) is 0 Å². The Balaban J connectivity index is 1.58. The van der Waals surface area contributed by atoms with Crippen LogP contribution in [0.25, 0.3) is 0 Å². The number of nitrogens with zero attached hydrogens (tertiary/aromatic N) is 2. The van der Waals surface area contributed by atoms with Crippen molar-refractivity contribution in [1.29, 1.82) is 0 Å². The van der Waals surface area contributed by atoms with E-state index in [4.69, 9.17) is 16.3 Å². The lowest BCUT2D eigenvalue weighted by molar-refractivity contribution is 0.131. The lowest BCUT2D eigenvalue weighted by Gasteiger charge is -2.36. The number of rotatable bonds is 4. The normalized spacial score (nSPS) is 20.3. The highest BCUT2D eigenvalue weighted by atomic mass is 35.5. The van der Waals surface area contributed by atoms with E-state index in [0.717, 1.165) is 61.9 Å². The van der Waals surface area contributed by atoms with E-state index >= 15 is 0 Å². The first-order valence-corrected chi connectivity index (χ1v) is 8.14. The molecule has 1 N–H and O–H groups in total. The number of hydrogen-bond acceptors (Lipinski definition) is 3. The van der Waals surface area contributed by atoms with Gasteiger partial charge >= 0.3 is 6.03 Å². The Morgan fingerprint density at radius 1 is 1.32 bits per heavy atom. The third-order valence-corrected chi connectivity index (χ3v) is 4.76. The molecule has 2 fully saturated rings. The van der Waals surface area contributed by atoms with Crippen molar-refractivity contribution in [3.63, 3.8) is 0 Å². The van der Waals surface area contributed by atoms with Gasteiger partial charge in [0.2, 0.25) is 0 Å². The third kappa shape index (κ3) is 3.31. The maximum Gasteiger partial charge on any atom is 0.317 e. The number of piperidine rings is 1. The number of carbonyl (C=O) groups excluding carboxylic acids is 1. The van der Waals surface area contributed by atoms with Crippen LogP contribution in [-0.2, 0) is 6.54 Å². The second-order valence-corrected chi connectivity index (χ2v) is 6.33. The molecular weight excluding hydrogens is 302 g/mol. The SMILES string of the molecule is COc1ccc(Cl)cc1CN1CCC(N2CCNC2=O)CC1. The van der Waals surface area contributed by atoms with E-state index in [1.54, 1.807) is 7.11 Å². The Kier molecular flexibility index (Phi) is 4.74. The summed E-state index contributed by atoms with van der Waals surface area (Å²) in [5, 5.41) is 3.62. The zero-order chi connectivity index (χ0) is 15.5. The first kappa shape index (κ1) is 15.4. The molecule has 0 aromatic heterocycles. The summed E-state index contributed by atoms with van der Waals surface area (Å²) in [6.45, 7) is 4.43. The van der Waals surface area contributed by atoms with E-state index in [1.807, 2.05) is 23.1 Å². The number of ether oxygens (including phenoxy) is 1. The van der Waals surface area contributed by atoms with Crippen molar-refractivity contribution in [2.75, 3.05) is 33.3 Å². The predicted molar refractivity (Wildman–Crippen MR) is 86.4 cm³/mol. The molecule has 120 valence electrons. The molecule has 3 rings (SSSR count). The number of halogens is 1. The average Bonchev–Trinajstić information content (AvgIpc) is 2.94. The van der Waals surface area contributed by atoms with Gasteiger partial charge in [0.1, 0.15) is 5.75 Å². The molecule has 0 aliphatic carbocycles. The number of likely N-dealkylation sites (tertiary alicyclic amines) is 1. The lowest BCUT2D eigenvalue weighted by atomic mass is 10.0. The predicted octanol–water partition coefficient (Wildman–Crippen LogP) is 2.34. The highest BCUT2D eigenvalue weighted by molar-refractivity contribution is 6.30. The van der Waals surface area contributed by atoms with Crippen LogP contribution in [0.5, 0.6) is 5.75 Å². The maximum absolute atomic E-state index is 11.7. The van der Waals surface area contributed by atoms with E-state index in [9.17, 15) is 4.79 Å². The Hall–Kier alpha value is -1.46. The van der Waals surface area contributed by atoms with Crippen LogP contribution in [0.15, 0.2) is 18.2 Å². The summed E-state index contributed by atoms with van der Waals surface area (Å²) in [7, 11) is 1.69. The molecule has 5 nitrogen and oxygen atoms in total. The van der Waals surface area contributed by atoms with Gasteiger partial charge in [0.25, 0.3) is 0 Å². The molecule has 1 aromatic rings. The molecule has 0 saturated carbocycles. The summed E-state index contributed by atoms with van der Waals surface area (Å²) in [6, 6.07) is 6.21. The van der Waals surface area contributed by atoms with Crippen LogP contribution in [0.1, 0.15) is 18.4 Å². The van der Waals surface area contributed by atoms with Crippen molar-refractivity contribution >= 4 is 17.6 Å². The summed E-state index contributed by atoms with van der Waals surface area (Å²) >= 11 is 6.09. The number of benzene rings is 1. The van der Waals surface area contributed by atoms with E-state index in [2.05, 4.69) is 10.2 Å². The Labute approximate surface area is 136 Å². The minimum atomic E-state index is 0.0926. The monoisotopic (exact) mass is 323 g/mol. The second-order valence-electron chi connectivity index (χ2n) is 5.89. The van der Waals surface area contributed by atoms with Gasteiger partial charge in [-0.1, -0.05) is 11.6 Å². The van der Waals surface area contributed by atoms with Gasteiger partial charge in [-0.2, -0.15) is 0 Å². The fourth-order valence-electron chi connectivity index (χ4n) is 3.34. The molecule has 2 aliphatic rings. The standard InChI is InChI=1S/C16H22ClN3O2/c1-22-15-3-2-13(17)10-12(15)11-19-7-4-14(5-8-19)20-9-6-18-16(20)21/h2-3,10,14H,4-9,11H2,1H3,(H,18,21). The molecule has 0 atom stereocenters. The number of hydrogen-bond donors (Lipinski definition) is 1. The van der Waals surface area contributed by atoms with E-state index in [0.29, 0.717) is 6.04 Å². The van der Waals surface area contributed by atoms with Crippen LogP contribution >= 0.6 is 11.6 Å². The molecule has 0 unspecified atom stereocenters. The van der Waals surface area contributed by atoms with Gasteiger partial charge in [0, 0.05) is 49.4 Å². The number of methoxy groups -OCH3 is 1. The molecular formula is C16H22ClN3O2. The lowest BCUT2D eigenvalue weighted by Crippen LogP contribution is -2.45. The van der Waals surface area contributed by atoms with E-state index in [1.165, 1.54) is 0 Å². The van der Waals surface area contributed by atoms with Gasteiger partial charge < -0.3 is 15.0 Å². The van der Waals surface area contributed by atoms with Crippen LogP contribution in [-0.4, -0.2) is 55.2 Å². The molecule has 1 aromatic carbocycles. The Morgan fingerprint density at radius 3 is 2.73 bits per heavy atom. The average molecular weight is 324 g/mol. The van der Waals surface area contributed by atoms with Crippen molar-refractivity contribution in [2.24, 2.45) is 0 Å². The van der Waals surface area contributed by atoms with Gasteiger partial charge in [-0.05, 0) is 31.0 Å². The van der Waals surface area contributed by atoms with Gasteiger partial charge in [0.05, 0.1) is 7.11 Å². The topological polar surface area (TPSA) is 44.8 Å². The third-order valence-electron chi connectivity index (χ3n) is 4.52. The molecule has 0 bridgehead atoms. The Morgan fingerprint density at radius 2 is 2.09 bits per heavy atom. The first-order valence-electron chi connectivity index (χ1n) is 7.76. The molecule has 0 radical (unpaired) electrons. The zero-order valence-corrected chi connectivity index (χ0v) is 13.6. The second kappa shape index (κ2) is 6.75. The van der Waals surface area contributed by atoms with Crippen molar-refractivity contribution in [1.82, 2.24) is 15.1 Å². The highest BCUT2D eigenvalue weighted by Crippen LogP contribution is 2.26. The number of urea groups is 1. The number of nitrogens with one attached hydrogen (secondary N) is 1. The zero-order valence-electron chi connectivity index (χ0n) is 12.8. The molecule has 2 heterocycles. The van der Waals surface area contributed by atoms with Crippen LogP contribution in [0.4, 0.5) is 4.79 Å². The van der Waals surface area contributed by atoms with Gasteiger partial charge in [-0.3, -0.25) is 4.90 Å². The summed E-state index contributed by atoms with van der Waals surface area (Å²) in [6.07, 6.45) is 2.05. The minimum absolute atomic E-state index is 0.0926. The van der Waals surface area contributed by atoms with Crippen molar-refractivity contribution < 1.29 is 9.53 Å². The smallest absolute Gasteiger partial charge is 0.317 e. The quantitative estimate of drug-likeness (QED) is 0.925. The summed E-state index contributed by atoms with van der Waals surface area (Å²) in [4.78, 5) is 16.1. The van der Waals surface area contributed by atoms with Crippen molar-refractivity contribution in [2.45, 2.75) is 25.4 Å².